The van der Waals surface area contributed by atoms with E-state index in [1.807, 2.05) is 18.2 Å². The van der Waals surface area contributed by atoms with Crippen LogP contribution in [-0.4, -0.2) is 13.1 Å². The summed E-state index contributed by atoms with van der Waals surface area (Å²) in [4.78, 5) is 22.3. The second-order valence-corrected chi connectivity index (χ2v) is 2.94. The third-order valence-corrected chi connectivity index (χ3v) is 2.09. The fraction of sp³-hybridized carbons (Fsp3) is 0.0909. The summed E-state index contributed by atoms with van der Waals surface area (Å²) in [7, 11) is 1.27. The molecule has 0 saturated carbocycles. The van der Waals surface area contributed by atoms with Gasteiger partial charge < -0.3 is 4.74 Å². The fourth-order valence-corrected chi connectivity index (χ4v) is 1.35. The molecule has 0 atom stereocenters. The van der Waals surface area contributed by atoms with Crippen LogP contribution < -0.4 is 5.43 Å². The molecule has 3 nitrogen and oxygen atoms in total. The van der Waals surface area contributed by atoms with Crippen molar-refractivity contribution in [2.75, 3.05) is 7.11 Å². The Balaban J connectivity index is 2.37. The number of carbonyl (C=O) groups excluding carboxylic acids is 1. The zero-order chi connectivity index (χ0) is 10.1. The van der Waals surface area contributed by atoms with Crippen LogP contribution in [0.3, 0.4) is 0 Å². The summed E-state index contributed by atoms with van der Waals surface area (Å²) in [6, 6.07) is 9.09. The highest BCUT2D eigenvalue weighted by Crippen LogP contribution is 2.25. The lowest BCUT2D eigenvalue weighted by Crippen LogP contribution is -1.98. The van der Waals surface area contributed by atoms with Crippen molar-refractivity contribution in [3.8, 4) is 11.1 Å². The quantitative estimate of drug-likeness (QED) is 0.668. The van der Waals surface area contributed by atoms with Crippen LogP contribution in [0.4, 0.5) is 0 Å². The monoisotopic (exact) mass is 188 g/mol. The zero-order valence-corrected chi connectivity index (χ0v) is 7.61. The predicted octanol–water partition coefficient (Wildman–Crippen LogP) is 1.38. The van der Waals surface area contributed by atoms with E-state index in [9.17, 15) is 9.59 Å². The molecule has 0 aliphatic rings. The molecule has 0 aliphatic carbocycles. The smallest absolute Gasteiger partial charge is 0.342 e. The molecule has 70 valence electrons. The number of hydrogen-bond acceptors (Lipinski definition) is 3. The minimum atomic E-state index is -0.547. The Kier molecular flexibility index (Phi) is 1.93. The summed E-state index contributed by atoms with van der Waals surface area (Å²) >= 11 is 0. The number of ether oxygens (including phenoxy) is 1. The van der Waals surface area contributed by atoms with Gasteiger partial charge in [0.1, 0.15) is 5.56 Å². The number of carbonyl (C=O) groups is 1. The molecule has 0 N–H and O–H groups in total. The molecule has 2 aromatic carbocycles. The van der Waals surface area contributed by atoms with Gasteiger partial charge in [0.2, 0.25) is 5.43 Å². The molecule has 0 saturated heterocycles. The Morgan fingerprint density at radius 1 is 1.21 bits per heavy atom. The average Bonchev–Trinajstić information content (AvgIpc) is 2.90. The van der Waals surface area contributed by atoms with Crippen molar-refractivity contribution in [2.45, 2.75) is 0 Å². The predicted molar refractivity (Wildman–Crippen MR) is 51.9 cm³/mol. The molecule has 0 amide bonds. The second-order valence-electron chi connectivity index (χ2n) is 2.94. The lowest BCUT2D eigenvalue weighted by molar-refractivity contribution is 0.0605. The standard InChI is InChI=1S/C11H8O3/c1-14-11(13)9-8(10(9)12)7-5-3-2-4-6-7/h2-6H,1H3. The maximum atomic E-state index is 11.2. The highest BCUT2D eigenvalue weighted by atomic mass is 16.5. The Morgan fingerprint density at radius 2 is 1.86 bits per heavy atom. The Bertz CT molecular complexity index is 475. The van der Waals surface area contributed by atoms with Gasteiger partial charge in [0.15, 0.2) is 0 Å². The van der Waals surface area contributed by atoms with Gasteiger partial charge >= 0.3 is 5.97 Å². The van der Waals surface area contributed by atoms with Crippen LogP contribution >= 0.6 is 0 Å². The van der Waals surface area contributed by atoms with Gasteiger partial charge in [-0.15, -0.1) is 0 Å². The van der Waals surface area contributed by atoms with E-state index in [0.717, 1.165) is 5.56 Å². The van der Waals surface area contributed by atoms with Gasteiger partial charge in [0.25, 0.3) is 0 Å². The van der Waals surface area contributed by atoms with Crippen LogP contribution in [-0.2, 0) is 4.74 Å². The summed E-state index contributed by atoms with van der Waals surface area (Å²) in [6.45, 7) is 0. The lowest BCUT2D eigenvalue weighted by atomic mass is 10.2. The second kappa shape index (κ2) is 3.10. The summed E-state index contributed by atoms with van der Waals surface area (Å²) in [5.41, 5.74) is 1.23. The van der Waals surface area contributed by atoms with Gasteiger partial charge in [-0.2, -0.15) is 0 Å². The van der Waals surface area contributed by atoms with Crippen molar-refractivity contribution in [3.63, 3.8) is 0 Å². The topological polar surface area (TPSA) is 43.4 Å². The Hall–Kier alpha value is -1.90. The molecular weight excluding hydrogens is 180 g/mol. The first-order valence-corrected chi connectivity index (χ1v) is 4.18. The van der Waals surface area contributed by atoms with E-state index in [1.54, 1.807) is 12.1 Å². The molecule has 2 aromatic rings. The molecule has 0 radical (unpaired) electrons. The molecular formula is C11H8O3. The number of methoxy groups -OCH3 is 1. The van der Waals surface area contributed by atoms with E-state index in [0.29, 0.717) is 5.56 Å². The van der Waals surface area contributed by atoms with Crippen molar-refractivity contribution in [1.82, 2.24) is 0 Å². The van der Waals surface area contributed by atoms with E-state index in [2.05, 4.69) is 4.74 Å². The fourth-order valence-electron chi connectivity index (χ4n) is 1.35. The van der Waals surface area contributed by atoms with Gasteiger partial charge in [0.05, 0.1) is 7.11 Å². The van der Waals surface area contributed by atoms with Crippen LogP contribution in [0.15, 0.2) is 35.1 Å². The van der Waals surface area contributed by atoms with Crippen molar-refractivity contribution in [1.29, 1.82) is 0 Å². The van der Waals surface area contributed by atoms with Crippen molar-refractivity contribution < 1.29 is 9.53 Å². The maximum Gasteiger partial charge on any atom is 0.342 e. The van der Waals surface area contributed by atoms with E-state index < -0.39 is 5.97 Å². The summed E-state index contributed by atoms with van der Waals surface area (Å²) < 4.78 is 4.48. The number of hydrogen-bond donors (Lipinski definition) is 0. The van der Waals surface area contributed by atoms with Gasteiger partial charge in [-0.25, -0.2) is 4.79 Å². The van der Waals surface area contributed by atoms with Gasteiger partial charge in [-0.05, 0) is 5.56 Å². The third kappa shape index (κ3) is 1.23. The Morgan fingerprint density at radius 3 is 2.43 bits per heavy atom. The van der Waals surface area contributed by atoms with E-state index in [-0.39, 0.29) is 11.0 Å². The minimum Gasteiger partial charge on any atom is -0.465 e. The van der Waals surface area contributed by atoms with Gasteiger partial charge in [-0.3, -0.25) is 4.79 Å². The molecule has 0 fully saturated rings. The third-order valence-electron chi connectivity index (χ3n) is 2.09. The molecule has 0 aromatic heterocycles. The molecule has 0 unspecified atom stereocenters. The van der Waals surface area contributed by atoms with Crippen LogP contribution in [0.1, 0.15) is 10.4 Å². The SMILES string of the molecule is COC(=O)c1c(-c2ccccc2)c1=O. The highest BCUT2D eigenvalue weighted by molar-refractivity contribution is 6.04. The van der Waals surface area contributed by atoms with Crippen molar-refractivity contribution in [3.05, 3.63) is 46.1 Å². The molecule has 0 bridgehead atoms. The first-order chi connectivity index (χ1) is 6.75. The van der Waals surface area contributed by atoms with Crippen molar-refractivity contribution in [2.24, 2.45) is 0 Å². The molecule has 0 spiro atoms. The van der Waals surface area contributed by atoms with E-state index in [1.165, 1.54) is 7.11 Å². The number of benzene rings is 1. The maximum absolute atomic E-state index is 11.2. The molecule has 3 heteroatoms. The van der Waals surface area contributed by atoms with E-state index in [4.69, 9.17) is 0 Å². The molecule has 0 heterocycles. The largest absolute Gasteiger partial charge is 0.465 e. The molecule has 0 aliphatic heterocycles. The van der Waals surface area contributed by atoms with Crippen LogP contribution in [0.25, 0.3) is 11.1 Å². The van der Waals surface area contributed by atoms with E-state index >= 15 is 0 Å². The first kappa shape index (κ1) is 8.69. The van der Waals surface area contributed by atoms with Gasteiger partial charge in [-0.1, -0.05) is 30.3 Å². The summed E-state index contributed by atoms with van der Waals surface area (Å²) in [6.07, 6.45) is 0. The normalized spacial score (nSPS) is 10.4. The van der Waals surface area contributed by atoms with Crippen LogP contribution in [0, 0.1) is 0 Å². The minimum absolute atomic E-state index is 0.179. The highest BCUT2D eigenvalue weighted by Gasteiger charge is 2.30. The average molecular weight is 188 g/mol. The van der Waals surface area contributed by atoms with Gasteiger partial charge in [0, 0.05) is 5.56 Å². The van der Waals surface area contributed by atoms with Crippen molar-refractivity contribution >= 4 is 5.97 Å². The first-order valence-electron chi connectivity index (χ1n) is 4.18. The molecule has 14 heavy (non-hydrogen) atoms. The number of esters is 1. The molecule has 2 rings (SSSR count). The lowest BCUT2D eigenvalue weighted by Gasteiger charge is -1.91. The number of rotatable bonds is 2. The van der Waals surface area contributed by atoms with Crippen LogP contribution in [0.5, 0.6) is 0 Å². The summed E-state index contributed by atoms with van der Waals surface area (Å²) in [5.74, 6) is -0.547. The zero-order valence-electron chi connectivity index (χ0n) is 7.61. The Labute approximate surface area is 80.6 Å². The summed E-state index contributed by atoms with van der Waals surface area (Å²) in [5, 5.41) is 0. The van der Waals surface area contributed by atoms with Crippen LogP contribution in [0.2, 0.25) is 0 Å².